The van der Waals surface area contributed by atoms with Crippen LogP contribution < -0.4 is 10.6 Å². The Bertz CT molecular complexity index is 1220. The van der Waals surface area contributed by atoms with E-state index >= 15 is 0 Å². The molecule has 10 heteroatoms. The molecule has 0 aromatic heterocycles. The molecule has 0 heterocycles. The summed E-state index contributed by atoms with van der Waals surface area (Å²) in [6.07, 6.45) is 2.24. The minimum atomic E-state index is -0.478. The summed E-state index contributed by atoms with van der Waals surface area (Å²) in [7, 11) is 0. The summed E-state index contributed by atoms with van der Waals surface area (Å²) in [4.78, 5) is 46.9. The molecule has 192 valence electrons. The molecule has 1 fully saturated rings. The predicted octanol–water partition coefficient (Wildman–Crippen LogP) is 4.86. The van der Waals surface area contributed by atoms with Crippen LogP contribution in [-0.2, 0) is 0 Å². The summed E-state index contributed by atoms with van der Waals surface area (Å²) in [5.74, 6) is -0.594. The van der Waals surface area contributed by atoms with Gasteiger partial charge in [0.2, 0.25) is 0 Å². The van der Waals surface area contributed by atoms with Crippen molar-refractivity contribution >= 4 is 23.2 Å². The number of carbonyl (C=O) groups excluding carboxylic acids is 2. The molecule has 0 aliphatic heterocycles. The summed E-state index contributed by atoms with van der Waals surface area (Å²) < 4.78 is 0. The fraction of sp³-hybridized carbons (Fsp3) is 0.462. The summed E-state index contributed by atoms with van der Waals surface area (Å²) in [6.45, 7) is 9.91. The monoisotopic (exact) mass is 496 g/mol. The van der Waals surface area contributed by atoms with Gasteiger partial charge in [-0.1, -0.05) is 20.8 Å². The van der Waals surface area contributed by atoms with Crippen molar-refractivity contribution in [2.24, 2.45) is 10.8 Å². The first-order chi connectivity index (χ1) is 16.7. The summed E-state index contributed by atoms with van der Waals surface area (Å²) >= 11 is 0. The maximum Gasteiger partial charge on any atom is 0.272 e. The molecule has 1 aliphatic rings. The second-order valence-corrected chi connectivity index (χ2v) is 10.9. The molecule has 2 atom stereocenters. The van der Waals surface area contributed by atoms with Crippen molar-refractivity contribution in [1.82, 2.24) is 10.6 Å². The first-order valence-electron chi connectivity index (χ1n) is 11.8. The van der Waals surface area contributed by atoms with E-state index < -0.39 is 9.85 Å². The lowest BCUT2D eigenvalue weighted by atomic mass is 9.62. The lowest BCUT2D eigenvalue weighted by molar-refractivity contribution is -0.385. The number of carbonyl (C=O) groups is 2. The van der Waals surface area contributed by atoms with Gasteiger partial charge in [0.1, 0.15) is 0 Å². The topological polar surface area (TPSA) is 144 Å². The number of nitro benzene ring substituents is 2. The average Bonchev–Trinajstić information content (AvgIpc) is 2.75. The molecule has 3 rings (SSSR count). The Balaban J connectivity index is 1.69. The van der Waals surface area contributed by atoms with E-state index in [1.807, 2.05) is 0 Å². The zero-order valence-corrected chi connectivity index (χ0v) is 21.2. The molecule has 2 amide bonds. The van der Waals surface area contributed by atoms with Crippen LogP contribution in [0.1, 0.15) is 71.9 Å². The van der Waals surface area contributed by atoms with Crippen molar-refractivity contribution < 1.29 is 19.4 Å². The molecule has 1 saturated carbocycles. The summed E-state index contributed by atoms with van der Waals surface area (Å²) in [5.41, 5.74) is 1.11. The number of nitrogens with one attached hydrogen (secondary N) is 2. The maximum absolute atomic E-state index is 12.9. The molecule has 0 bridgehead atoms. The van der Waals surface area contributed by atoms with Gasteiger partial charge in [0.15, 0.2) is 0 Å². The van der Waals surface area contributed by atoms with E-state index in [1.54, 1.807) is 13.8 Å². The summed E-state index contributed by atoms with van der Waals surface area (Å²) in [5, 5.41) is 28.2. The third kappa shape index (κ3) is 6.24. The normalized spacial score (nSPS) is 20.9. The van der Waals surface area contributed by atoms with E-state index in [4.69, 9.17) is 0 Å². The zero-order chi connectivity index (χ0) is 26.8. The van der Waals surface area contributed by atoms with Gasteiger partial charge in [-0.2, -0.15) is 0 Å². The number of hydrogen-bond acceptors (Lipinski definition) is 6. The fourth-order valence-electron chi connectivity index (χ4n) is 5.54. The lowest BCUT2D eigenvalue weighted by Crippen LogP contribution is -2.50. The highest BCUT2D eigenvalue weighted by Crippen LogP contribution is 2.46. The SMILES string of the molecule is Cc1cc(C(=O)NC[C@]2(C)C[C@@H](NC(=O)c3ccc([N+](=O)[O-])c(C)c3)CC(C)(C)C2)ccc1[N+](=O)[O-]. The molecule has 0 spiro atoms. The van der Waals surface area contributed by atoms with Crippen molar-refractivity contribution in [3.05, 3.63) is 78.9 Å². The van der Waals surface area contributed by atoms with Gasteiger partial charge in [-0.05, 0) is 68.2 Å². The van der Waals surface area contributed by atoms with Crippen LogP contribution in [0, 0.1) is 44.9 Å². The highest BCUT2D eigenvalue weighted by Gasteiger charge is 2.42. The van der Waals surface area contributed by atoms with Gasteiger partial charge >= 0.3 is 0 Å². The van der Waals surface area contributed by atoms with Gasteiger partial charge in [0, 0.05) is 47.0 Å². The smallest absolute Gasteiger partial charge is 0.272 e. The highest BCUT2D eigenvalue weighted by molar-refractivity contribution is 5.95. The Hall–Kier alpha value is -3.82. The second kappa shape index (κ2) is 10.0. The fourth-order valence-corrected chi connectivity index (χ4v) is 5.54. The third-order valence-corrected chi connectivity index (χ3v) is 6.77. The van der Waals surface area contributed by atoms with E-state index in [1.165, 1.54) is 36.4 Å². The van der Waals surface area contributed by atoms with Gasteiger partial charge in [0.05, 0.1) is 9.85 Å². The van der Waals surface area contributed by atoms with Crippen molar-refractivity contribution in [2.45, 2.75) is 59.9 Å². The molecule has 36 heavy (non-hydrogen) atoms. The first kappa shape index (κ1) is 26.8. The van der Waals surface area contributed by atoms with E-state index in [9.17, 15) is 29.8 Å². The van der Waals surface area contributed by atoms with Crippen molar-refractivity contribution in [2.75, 3.05) is 6.54 Å². The second-order valence-electron chi connectivity index (χ2n) is 10.9. The minimum Gasteiger partial charge on any atom is -0.351 e. The quantitative estimate of drug-likeness (QED) is 0.413. The Morgan fingerprint density at radius 2 is 1.39 bits per heavy atom. The van der Waals surface area contributed by atoms with Crippen LogP contribution in [0.15, 0.2) is 36.4 Å². The minimum absolute atomic E-state index is 0.0307. The Morgan fingerprint density at radius 3 is 1.86 bits per heavy atom. The molecule has 0 saturated heterocycles. The van der Waals surface area contributed by atoms with Crippen LogP contribution in [0.4, 0.5) is 11.4 Å². The molecular formula is C26H32N4O6. The van der Waals surface area contributed by atoms with Crippen molar-refractivity contribution in [3.8, 4) is 0 Å². The number of aryl methyl sites for hydroxylation is 2. The number of rotatable bonds is 7. The Kier molecular flexibility index (Phi) is 7.47. The molecule has 2 N–H and O–H groups in total. The van der Waals surface area contributed by atoms with Crippen LogP contribution in [0.5, 0.6) is 0 Å². The number of nitrogens with zero attached hydrogens (tertiary/aromatic N) is 2. The van der Waals surface area contributed by atoms with E-state index in [0.29, 0.717) is 35.2 Å². The lowest BCUT2D eigenvalue weighted by Gasteiger charge is -2.47. The standard InChI is InChI=1S/C26H32N4O6/c1-16-10-18(6-8-21(16)29(33)34)23(31)27-15-26(5)13-20(12-25(3,4)14-26)28-24(32)19-7-9-22(30(35)36)17(2)11-19/h6-11,20H,12-15H2,1-5H3,(H,27,31)(H,28,32)/t20-,26+/m0/s1. The van der Waals surface area contributed by atoms with Crippen LogP contribution >= 0.6 is 0 Å². The van der Waals surface area contributed by atoms with Crippen molar-refractivity contribution in [1.29, 1.82) is 0 Å². The highest BCUT2D eigenvalue weighted by atomic mass is 16.6. The number of benzene rings is 2. The van der Waals surface area contributed by atoms with Crippen molar-refractivity contribution in [3.63, 3.8) is 0 Å². The largest absolute Gasteiger partial charge is 0.351 e. The van der Waals surface area contributed by atoms with Gasteiger partial charge in [-0.15, -0.1) is 0 Å². The Labute approximate surface area is 209 Å². The van der Waals surface area contributed by atoms with Crippen LogP contribution in [0.2, 0.25) is 0 Å². The van der Waals surface area contributed by atoms with Gasteiger partial charge in [-0.25, -0.2) is 0 Å². The molecule has 0 radical (unpaired) electrons. The van der Waals surface area contributed by atoms with Gasteiger partial charge in [-0.3, -0.25) is 29.8 Å². The Morgan fingerprint density at radius 1 is 0.889 bits per heavy atom. The molecule has 10 nitrogen and oxygen atoms in total. The predicted molar refractivity (Wildman–Crippen MR) is 135 cm³/mol. The van der Waals surface area contributed by atoms with Crippen LogP contribution in [-0.4, -0.2) is 34.2 Å². The van der Waals surface area contributed by atoms with E-state index in [2.05, 4.69) is 31.4 Å². The molecule has 2 aromatic carbocycles. The van der Waals surface area contributed by atoms with Crippen LogP contribution in [0.3, 0.4) is 0 Å². The van der Waals surface area contributed by atoms with E-state index in [0.717, 1.165) is 12.8 Å². The van der Waals surface area contributed by atoms with Gasteiger partial charge < -0.3 is 10.6 Å². The number of nitro groups is 2. The first-order valence-corrected chi connectivity index (χ1v) is 11.8. The third-order valence-electron chi connectivity index (χ3n) is 6.77. The number of hydrogen-bond donors (Lipinski definition) is 2. The van der Waals surface area contributed by atoms with E-state index in [-0.39, 0.29) is 40.1 Å². The molecule has 0 unspecified atom stereocenters. The molecule has 1 aliphatic carbocycles. The average molecular weight is 497 g/mol. The van der Waals surface area contributed by atoms with Crippen LogP contribution in [0.25, 0.3) is 0 Å². The zero-order valence-electron chi connectivity index (χ0n) is 21.2. The maximum atomic E-state index is 12.9. The number of amides is 2. The van der Waals surface area contributed by atoms with Gasteiger partial charge in [0.25, 0.3) is 23.2 Å². The molecule has 2 aromatic rings. The molecular weight excluding hydrogens is 464 g/mol. The summed E-state index contributed by atoms with van der Waals surface area (Å²) in [6, 6.07) is 8.47.